The molecule has 1 amide bonds. The van der Waals surface area contributed by atoms with Crippen LogP contribution < -0.4 is 11.1 Å². The van der Waals surface area contributed by atoms with E-state index in [0.29, 0.717) is 12.8 Å². The van der Waals surface area contributed by atoms with E-state index in [0.717, 1.165) is 5.56 Å². The number of benzene rings is 1. The number of rotatable bonds is 8. The van der Waals surface area contributed by atoms with Crippen LogP contribution in [0.5, 0.6) is 0 Å². The second kappa shape index (κ2) is 9.20. The summed E-state index contributed by atoms with van der Waals surface area (Å²) >= 11 is 0. The van der Waals surface area contributed by atoms with E-state index in [-0.39, 0.29) is 18.4 Å². The summed E-state index contributed by atoms with van der Waals surface area (Å²) in [6, 6.07) is 8.19. The van der Waals surface area contributed by atoms with Gasteiger partial charge >= 0.3 is 5.97 Å². The lowest BCUT2D eigenvalue weighted by atomic mass is 10.0. The lowest BCUT2D eigenvalue weighted by molar-refractivity contribution is -0.149. The van der Waals surface area contributed by atoms with E-state index < -0.39 is 18.1 Å². The van der Waals surface area contributed by atoms with Gasteiger partial charge in [0, 0.05) is 0 Å². The summed E-state index contributed by atoms with van der Waals surface area (Å²) in [6.07, 6.45) is 1.05. The number of ether oxygens (including phenoxy) is 1. The second-order valence-electron chi connectivity index (χ2n) is 5.80. The highest BCUT2D eigenvalue weighted by molar-refractivity contribution is 5.87. The summed E-state index contributed by atoms with van der Waals surface area (Å²) in [5, 5.41) is 2.70. The van der Waals surface area contributed by atoms with Crippen molar-refractivity contribution in [1.29, 1.82) is 0 Å². The predicted octanol–water partition coefficient (Wildman–Crippen LogP) is 2.00. The van der Waals surface area contributed by atoms with Crippen LogP contribution in [0.4, 0.5) is 0 Å². The average molecular weight is 306 g/mol. The van der Waals surface area contributed by atoms with Crippen LogP contribution in [0.15, 0.2) is 30.3 Å². The lowest BCUT2D eigenvalue weighted by Crippen LogP contribution is -2.49. The number of carbonyl (C=O) groups excluding carboxylic acids is 2. The minimum atomic E-state index is -0.659. The first-order chi connectivity index (χ1) is 10.4. The number of amides is 1. The van der Waals surface area contributed by atoms with Gasteiger partial charge < -0.3 is 15.8 Å². The molecule has 0 aliphatic rings. The van der Waals surface area contributed by atoms with Crippen molar-refractivity contribution >= 4 is 11.9 Å². The quantitative estimate of drug-likeness (QED) is 0.720. The Morgan fingerprint density at radius 3 is 2.41 bits per heavy atom. The molecule has 2 unspecified atom stereocenters. The number of nitrogens with one attached hydrogen (secondary N) is 1. The first-order valence-electron chi connectivity index (χ1n) is 7.70. The molecular weight excluding hydrogens is 280 g/mol. The van der Waals surface area contributed by atoms with Gasteiger partial charge in [0.2, 0.25) is 5.91 Å². The summed E-state index contributed by atoms with van der Waals surface area (Å²) in [4.78, 5) is 24.1. The molecule has 1 aromatic rings. The summed E-state index contributed by atoms with van der Waals surface area (Å²) in [7, 11) is 0. The van der Waals surface area contributed by atoms with Gasteiger partial charge in [-0.1, -0.05) is 51.1 Å². The number of esters is 1. The maximum absolute atomic E-state index is 12.2. The minimum Gasteiger partial charge on any atom is -0.459 e. The fraction of sp³-hybridized carbons (Fsp3) is 0.529. The highest BCUT2D eigenvalue weighted by atomic mass is 16.5. The predicted molar refractivity (Wildman–Crippen MR) is 85.9 cm³/mol. The molecule has 0 heterocycles. The van der Waals surface area contributed by atoms with E-state index in [9.17, 15) is 9.59 Å². The summed E-state index contributed by atoms with van der Waals surface area (Å²) < 4.78 is 5.31. The van der Waals surface area contributed by atoms with Crippen molar-refractivity contribution < 1.29 is 14.3 Å². The molecule has 5 heteroatoms. The third-order valence-electron chi connectivity index (χ3n) is 3.31. The lowest BCUT2D eigenvalue weighted by Gasteiger charge is -2.21. The Bertz CT molecular complexity index is 474. The van der Waals surface area contributed by atoms with Crippen LogP contribution in [0.25, 0.3) is 0 Å². The number of carbonyl (C=O) groups is 2. The molecule has 0 aliphatic carbocycles. The SMILES string of the molecule is CCC(N)C(=O)NC(CC(C)C)C(=O)OCc1ccccc1. The van der Waals surface area contributed by atoms with E-state index in [2.05, 4.69) is 5.32 Å². The van der Waals surface area contributed by atoms with Crippen LogP contribution in [0.1, 0.15) is 39.2 Å². The molecule has 5 nitrogen and oxygen atoms in total. The Balaban J connectivity index is 2.61. The molecule has 0 fully saturated rings. The first-order valence-corrected chi connectivity index (χ1v) is 7.70. The van der Waals surface area contributed by atoms with Crippen LogP contribution in [0.3, 0.4) is 0 Å². The number of nitrogens with two attached hydrogens (primary N) is 1. The molecule has 1 rings (SSSR count). The van der Waals surface area contributed by atoms with Crippen LogP contribution >= 0.6 is 0 Å². The minimum absolute atomic E-state index is 0.198. The number of hydrogen-bond donors (Lipinski definition) is 2. The van der Waals surface area contributed by atoms with Crippen molar-refractivity contribution in [2.75, 3.05) is 0 Å². The molecule has 1 aromatic carbocycles. The fourth-order valence-electron chi connectivity index (χ4n) is 1.98. The van der Waals surface area contributed by atoms with Crippen molar-refractivity contribution in [3.63, 3.8) is 0 Å². The topological polar surface area (TPSA) is 81.4 Å². The smallest absolute Gasteiger partial charge is 0.328 e. The molecule has 0 saturated carbocycles. The zero-order valence-electron chi connectivity index (χ0n) is 13.5. The highest BCUT2D eigenvalue weighted by Crippen LogP contribution is 2.09. The average Bonchev–Trinajstić information content (AvgIpc) is 2.51. The van der Waals surface area contributed by atoms with Gasteiger partial charge in [-0.15, -0.1) is 0 Å². The Labute approximate surface area is 132 Å². The fourth-order valence-corrected chi connectivity index (χ4v) is 1.98. The summed E-state index contributed by atoms with van der Waals surface area (Å²) in [5.74, 6) is -0.480. The van der Waals surface area contributed by atoms with E-state index in [1.807, 2.05) is 51.1 Å². The van der Waals surface area contributed by atoms with Crippen LogP contribution in [-0.2, 0) is 20.9 Å². The van der Waals surface area contributed by atoms with Gasteiger partial charge in [-0.05, 0) is 24.3 Å². The second-order valence-corrected chi connectivity index (χ2v) is 5.80. The molecule has 0 aliphatic heterocycles. The standard InChI is InChI=1S/C17H26N2O3/c1-4-14(18)16(20)19-15(10-12(2)3)17(21)22-11-13-8-6-5-7-9-13/h5-9,12,14-15H,4,10-11,18H2,1-3H3,(H,19,20). The summed E-state index contributed by atoms with van der Waals surface area (Å²) in [6.45, 7) is 6.01. The van der Waals surface area contributed by atoms with Gasteiger partial charge in [0.05, 0.1) is 6.04 Å². The molecule has 2 atom stereocenters. The molecule has 122 valence electrons. The van der Waals surface area contributed by atoms with Crippen LogP contribution in [-0.4, -0.2) is 24.0 Å². The van der Waals surface area contributed by atoms with E-state index in [1.54, 1.807) is 0 Å². The first kappa shape index (κ1) is 18.2. The van der Waals surface area contributed by atoms with Gasteiger partial charge in [0.15, 0.2) is 0 Å². The maximum atomic E-state index is 12.2. The third-order valence-corrected chi connectivity index (χ3v) is 3.31. The van der Waals surface area contributed by atoms with Crippen molar-refractivity contribution in [3.05, 3.63) is 35.9 Å². The molecule has 0 spiro atoms. The van der Waals surface area contributed by atoms with Gasteiger partial charge in [0.25, 0.3) is 0 Å². The zero-order valence-corrected chi connectivity index (χ0v) is 13.5. The van der Waals surface area contributed by atoms with E-state index in [1.165, 1.54) is 0 Å². The van der Waals surface area contributed by atoms with Crippen molar-refractivity contribution in [3.8, 4) is 0 Å². The molecule has 22 heavy (non-hydrogen) atoms. The van der Waals surface area contributed by atoms with E-state index in [4.69, 9.17) is 10.5 Å². The van der Waals surface area contributed by atoms with Crippen molar-refractivity contribution in [2.45, 2.75) is 52.3 Å². The summed E-state index contributed by atoms with van der Waals surface area (Å²) in [5.41, 5.74) is 6.61. The van der Waals surface area contributed by atoms with Crippen molar-refractivity contribution in [1.82, 2.24) is 5.32 Å². The molecule has 0 radical (unpaired) electrons. The Morgan fingerprint density at radius 1 is 1.23 bits per heavy atom. The van der Waals surface area contributed by atoms with Crippen LogP contribution in [0, 0.1) is 5.92 Å². The maximum Gasteiger partial charge on any atom is 0.328 e. The Kier molecular flexibility index (Phi) is 7.60. The molecule has 0 bridgehead atoms. The molecule has 0 saturated heterocycles. The van der Waals surface area contributed by atoms with E-state index >= 15 is 0 Å². The molecular formula is C17H26N2O3. The van der Waals surface area contributed by atoms with Gasteiger partial charge in [-0.25, -0.2) is 4.79 Å². The zero-order chi connectivity index (χ0) is 16.5. The van der Waals surface area contributed by atoms with Crippen LogP contribution in [0.2, 0.25) is 0 Å². The highest BCUT2D eigenvalue weighted by Gasteiger charge is 2.25. The van der Waals surface area contributed by atoms with Gasteiger partial charge in [0.1, 0.15) is 12.6 Å². The van der Waals surface area contributed by atoms with Gasteiger partial charge in [-0.3, -0.25) is 4.79 Å². The molecule has 0 aromatic heterocycles. The third kappa shape index (κ3) is 6.26. The van der Waals surface area contributed by atoms with Gasteiger partial charge in [-0.2, -0.15) is 0 Å². The Morgan fingerprint density at radius 2 is 1.86 bits per heavy atom. The normalized spacial score (nSPS) is 13.5. The van der Waals surface area contributed by atoms with Crippen molar-refractivity contribution in [2.24, 2.45) is 11.7 Å². The number of hydrogen-bond acceptors (Lipinski definition) is 4. The largest absolute Gasteiger partial charge is 0.459 e. The Hall–Kier alpha value is -1.88. The molecule has 3 N–H and O–H groups in total. The monoisotopic (exact) mass is 306 g/mol.